The van der Waals surface area contributed by atoms with Crippen LogP contribution < -0.4 is 11.2 Å². The van der Waals surface area contributed by atoms with Gasteiger partial charge in [-0.15, -0.1) is 20.2 Å². The molecule has 0 bridgehead atoms. The fourth-order valence-corrected chi connectivity index (χ4v) is 2.18. The molecule has 0 amide bonds. The van der Waals surface area contributed by atoms with E-state index >= 15 is 0 Å². The molecule has 1 aliphatic heterocycles. The topological polar surface area (TPSA) is 169 Å². The first kappa shape index (κ1) is 16.4. The summed E-state index contributed by atoms with van der Waals surface area (Å²) in [5.41, 5.74) is -1.12. The number of hydrogen-bond donors (Lipinski definition) is 1. The number of nitrogens with one attached hydrogen (secondary N) is 1. The van der Waals surface area contributed by atoms with Gasteiger partial charge in [-0.05, 0) is 6.92 Å². The van der Waals surface area contributed by atoms with Gasteiger partial charge in [-0.3, -0.25) is 14.3 Å². The van der Waals surface area contributed by atoms with E-state index in [1.54, 1.807) is 0 Å². The molecule has 126 valence electrons. The molecular formula is C10H12N4O9. The minimum absolute atomic E-state index is 0.127. The SMILES string of the molecule is Cc1cn([C@H]2C[C@H](O[N+](=O)[O-])[C@@H](CO[N+](=O)[O-])O2)c(=O)[nH]c1=O. The smallest absolute Gasteiger partial charge is 0.330 e. The van der Waals surface area contributed by atoms with Crippen LogP contribution >= 0.6 is 0 Å². The van der Waals surface area contributed by atoms with Crippen molar-refractivity contribution in [1.82, 2.24) is 9.55 Å². The van der Waals surface area contributed by atoms with Crippen LogP contribution in [-0.4, -0.2) is 38.5 Å². The molecule has 13 heteroatoms. The summed E-state index contributed by atoms with van der Waals surface area (Å²) in [5, 5.41) is 18.6. The summed E-state index contributed by atoms with van der Waals surface area (Å²) in [4.78, 5) is 54.5. The molecule has 3 atom stereocenters. The number of aromatic amines is 1. The van der Waals surface area contributed by atoms with Crippen LogP contribution in [0.5, 0.6) is 0 Å². The van der Waals surface area contributed by atoms with Gasteiger partial charge in [0.2, 0.25) is 0 Å². The van der Waals surface area contributed by atoms with Crippen LogP contribution in [-0.2, 0) is 14.4 Å². The molecule has 1 fully saturated rings. The third-order valence-corrected chi connectivity index (χ3v) is 3.20. The number of H-pyrrole nitrogens is 1. The fraction of sp³-hybridized carbons (Fsp3) is 0.600. The van der Waals surface area contributed by atoms with E-state index in [2.05, 4.69) is 14.7 Å². The van der Waals surface area contributed by atoms with Crippen LogP contribution in [0.15, 0.2) is 15.8 Å². The number of aromatic nitrogens is 2. The van der Waals surface area contributed by atoms with Gasteiger partial charge in [-0.1, -0.05) is 0 Å². The van der Waals surface area contributed by atoms with Gasteiger partial charge in [-0.25, -0.2) is 4.79 Å². The third kappa shape index (κ3) is 3.82. The second-order valence-electron chi connectivity index (χ2n) is 4.73. The van der Waals surface area contributed by atoms with Crippen LogP contribution in [0.4, 0.5) is 0 Å². The normalized spacial score (nSPS) is 23.4. The molecule has 1 N–H and O–H groups in total. The summed E-state index contributed by atoms with van der Waals surface area (Å²) in [6.07, 6.45) is -2.18. The molecule has 0 saturated carbocycles. The molecule has 1 aromatic heterocycles. The molecule has 0 aromatic carbocycles. The van der Waals surface area contributed by atoms with E-state index in [0.717, 1.165) is 4.57 Å². The van der Waals surface area contributed by atoms with Crippen LogP contribution in [0.2, 0.25) is 0 Å². The lowest BCUT2D eigenvalue weighted by Gasteiger charge is -2.16. The Kier molecular flexibility index (Phi) is 4.59. The lowest BCUT2D eigenvalue weighted by atomic mass is 10.2. The Hall–Kier alpha value is -2.96. The van der Waals surface area contributed by atoms with E-state index in [1.807, 2.05) is 0 Å². The highest BCUT2D eigenvalue weighted by Crippen LogP contribution is 2.30. The zero-order valence-corrected chi connectivity index (χ0v) is 11.7. The van der Waals surface area contributed by atoms with E-state index in [1.165, 1.54) is 13.1 Å². The van der Waals surface area contributed by atoms with Gasteiger partial charge in [0.25, 0.3) is 15.7 Å². The second-order valence-corrected chi connectivity index (χ2v) is 4.73. The number of nitrogens with zero attached hydrogens (tertiary/aromatic N) is 3. The minimum Gasteiger partial charge on any atom is -0.350 e. The Bertz CT molecular complexity index is 726. The molecule has 0 radical (unpaired) electrons. The van der Waals surface area contributed by atoms with Gasteiger partial charge in [0.15, 0.2) is 0 Å². The largest absolute Gasteiger partial charge is 0.350 e. The maximum Gasteiger partial charge on any atom is 0.330 e. The highest BCUT2D eigenvalue weighted by Gasteiger charge is 2.40. The summed E-state index contributed by atoms with van der Waals surface area (Å²) < 4.78 is 6.40. The number of rotatable bonds is 6. The average molecular weight is 332 g/mol. The van der Waals surface area contributed by atoms with Gasteiger partial charge >= 0.3 is 5.69 Å². The van der Waals surface area contributed by atoms with E-state index in [0.29, 0.717) is 0 Å². The van der Waals surface area contributed by atoms with Crippen molar-refractivity contribution in [3.05, 3.63) is 52.8 Å². The standard InChI is InChI=1S/C10H12N4O9/c1-5-3-12(10(16)11-9(5)15)8-2-6(23-14(19)20)7(22-8)4-21-13(17)18/h3,6-8H,2,4H2,1H3,(H,11,15,16)/t6-,7+,8+/m0/s1. The molecule has 23 heavy (non-hydrogen) atoms. The van der Waals surface area contributed by atoms with Gasteiger partial charge in [0.05, 0.1) is 0 Å². The Morgan fingerprint density at radius 2 is 2.09 bits per heavy atom. The summed E-state index contributed by atoms with van der Waals surface area (Å²) in [6, 6.07) is 0. The average Bonchev–Trinajstić information content (AvgIpc) is 2.82. The quantitative estimate of drug-likeness (QED) is 0.502. The van der Waals surface area contributed by atoms with Crippen LogP contribution in [0.25, 0.3) is 0 Å². The number of hydrogen-bond acceptors (Lipinski definition) is 9. The van der Waals surface area contributed by atoms with Gasteiger partial charge in [0, 0.05) is 18.2 Å². The van der Waals surface area contributed by atoms with Crippen molar-refractivity contribution < 1.29 is 24.6 Å². The van der Waals surface area contributed by atoms with Gasteiger partial charge in [-0.2, -0.15) is 0 Å². The Morgan fingerprint density at radius 1 is 1.39 bits per heavy atom. The molecule has 2 heterocycles. The highest BCUT2D eigenvalue weighted by molar-refractivity contribution is 5.02. The van der Waals surface area contributed by atoms with Crippen molar-refractivity contribution in [3.8, 4) is 0 Å². The maximum absolute atomic E-state index is 11.8. The molecule has 0 unspecified atom stereocenters. The van der Waals surface area contributed by atoms with Crippen molar-refractivity contribution >= 4 is 0 Å². The lowest BCUT2D eigenvalue weighted by Crippen LogP contribution is -2.33. The first-order valence-corrected chi connectivity index (χ1v) is 6.34. The Morgan fingerprint density at radius 3 is 2.70 bits per heavy atom. The molecule has 2 rings (SSSR count). The van der Waals surface area contributed by atoms with Crippen molar-refractivity contribution in [3.63, 3.8) is 0 Å². The van der Waals surface area contributed by atoms with Crippen molar-refractivity contribution in [2.24, 2.45) is 0 Å². The molecule has 1 aromatic rings. The van der Waals surface area contributed by atoms with E-state index in [9.17, 15) is 29.8 Å². The van der Waals surface area contributed by atoms with Gasteiger partial charge in [0.1, 0.15) is 25.0 Å². The predicted octanol–water partition coefficient (Wildman–Crippen LogP) is -1.08. The second kappa shape index (κ2) is 6.43. The first-order chi connectivity index (χ1) is 10.8. The number of aryl methyl sites for hydroxylation is 1. The molecular weight excluding hydrogens is 320 g/mol. The summed E-state index contributed by atoms with van der Waals surface area (Å²) in [7, 11) is 0. The summed E-state index contributed by atoms with van der Waals surface area (Å²) in [5.74, 6) is 0. The monoisotopic (exact) mass is 332 g/mol. The zero-order valence-electron chi connectivity index (χ0n) is 11.7. The summed E-state index contributed by atoms with van der Waals surface area (Å²) >= 11 is 0. The van der Waals surface area contributed by atoms with Crippen molar-refractivity contribution in [2.75, 3.05) is 6.61 Å². The fourth-order valence-electron chi connectivity index (χ4n) is 2.18. The minimum atomic E-state index is -1.16. The third-order valence-electron chi connectivity index (χ3n) is 3.20. The van der Waals surface area contributed by atoms with E-state index in [4.69, 9.17) is 4.74 Å². The Labute approximate surface area is 126 Å². The van der Waals surface area contributed by atoms with Crippen LogP contribution in [0, 0.1) is 27.2 Å². The predicted molar refractivity (Wildman–Crippen MR) is 69.4 cm³/mol. The van der Waals surface area contributed by atoms with Crippen molar-refractivity contribution in [1.29, 1.82) is 0 Å². The highest BCUT2D eigenvalue weighted by atomic mass is 17.0. The van der Waals surface area contributed by atoms with Crippen molar-refractivity contribution in [2.45, 2.75) is 31.8 Å². The molecule has 0 spiro atoms. The first-order valence-electron chi connectivity index (χ1n) is 6.34. The van der Waals surface area contributed by atoms with E-state index in [-0.39, 0.29) is 12.0 Å². The van der Waals surface area contributed by atoms with Crippen LogP contribution in [0.3, 0.4) is 0 Å². The van der Waals surface area contributed by atoms with E-state index < -0.39 is 46.5 Å². The van der Waals surface area contributed by atoms with Crippen LogP contribution in [0.1, 0.15) is 18.2 Å². The zero-order chi connectivity index (χ0) is 17.1. The molecule has 1 aliphatic rings. The Balaban J connectivity index is 2.23. The molecule has 13 nitrogen and oxygen atoms in total. The van der Waals surface area contributed by atoms with Gasteiger partial charge < -0.3 is 14.4 Å². The lowest BCUT2D eigenvalue weighted by molar-refractivity contribution is -0.775. The molecule has 1 saturated heterocycles. The number of ether oxygens (including phenoxy) is 1. The summed E-state index contributed by atoms with van der Waals surface area (Å²) in [6.45, 7) is 0.862. The maximum atomic E-state index is 11.8. The molecule has 0 aliphatic carbocycles.